The van der Waals surface area contributed by atoms with Crippen LogP contribution in [-0.2, 0) is 11.2 Å². The fraction of sp³-hybridized carbons (Fsp3) is 0.600. The van der Waals surface area contributed by atoms with Crippen molar-refractivity contribution in [3.8, 4) is 5.75 Å². The number of nitrogens with zero attached hydrogens (tertiary/aromatic N) is 1. The molecule has 3 heterocycles. The molecule has 0 bridgehead atoms. The van der Waals surface area contributed by atoms with E-state index in [1.54, 1.807) is 12.1 Å². The van der Waals surface area contributed by atoms with Gasteiger partial charge in [-0.3, -0.25) is 4.79 Å². The van der Waals surface area contributed by atoms with Gasteiger partial charge in [-0.25, -0.2) is 4.79 Å². The largest absolute Gasteiger partial charge is 0.484 e. The Labute approximate surface area is 183 Å². The molecule has 0 saturated carbocycles. The Bertz CT molecular complexity index is 952. The number of carbonyl (C=O) groups is 1. The molecule has 2 aliphatic rings. The van der Waals surface area contributed by atoms with E-state index in [0.717, 1.165) is 36.8 Å². The average Bonchev–Trinajstić information content (AvgIpc) is 2.79. The molecule has 1 N–H and O–H groups in total. The number of ether oxygens (including phenoxy) is 1. The molecule has 2 fully saturated rings. The number of unbranched alkanes of at least 4 members (excludes halogenated alkanes) is 1. The van der Waals surface area contributed by atoms with E-state index >= 15 is 0 Å². The van der Waals surface area contributed by atoms with Gasteiger partial charge in [0, 0.05) is 30.1 Å². The number of benzene rings is 1. The monoisotopic (exact) mass is 426 g/mol. The van der Waals surface area contributed by atoms with Gasteiger partial charge in [-0.1, -0.05) is 19.8 Å². The Morgan fingerprint density at radius 1 is 1.19 bits per heavy atom. The summed E-state index contributed by atoms with van der Waals surface area (Å²) in [4.78, 5) is 26.9. The predicted molar refractivity (Wildman–Crippen MR) is 122 cm³/mol. The zero-order valence-electron chi connectivity index (χ0n) is 18.5. The fourth-order valence-electron chi connectivity index (χ4n) is 5.13. The standard InChI is InChI=1S/C25H34N2O4/c1-2-3-7-18-14-25(29)31-23-15-20(10-11-21(18)23)30-17-24(28)26-16-19-8-6-13-27-12-5-4-9-22(19)27/h10-11,14-15,19,22H,2-9,12-13,16-17H2,1H3,(H,26,28)/t19-,22?/m0/s1. The Hall–Kier alpha value is -2.34. The van der Waals surface area contributed by atoms with Gasteiger partial charge in [-0.05, 0) is 75.2 Å². The fourth-order valence-corrected chi connectivity index (χ4v) is 5.13. The van der Waals surface area contributed by atoms with Gasteiger partial charge >= 0.3 is 5.63 Å². The van der Waals surface area contributed by atoms with E-state index in [0.29, 0.717) is 23.3 Å². The highest BCUT2D eigenvalue weighted by molar-refractivity contribution is 5.82. The smallest absolute Gasteiger partial charge is 0.336 e. The lowest BCUT2D eigenvalue weighted by Crippen LogP contribution is -2.51. The van der Waals surface area contributed by atoms with Gasteiger partial charge in [0.2, 0.25) is 0 Å². The van der Waals surface area contributed by atoms with Crippen molar-refractivity contribution < 1.29 is 13.9 Å². The lowest BCUT2D eigenvalue weighted by molar-refractivity contribution is -0.123. The van der Waals surface area contributed by atoms with Crippen molar-refractivity contribution in [2.45, 2.75) is 64.3 Å². The van der Waals surface area contributed by atoms with Gasteiger partial charge in [-0.2, -0.15) is 0 Å². The molecular formula is C25H34N2O4. The first-order chi connectivity index (χ1) is 15.1. The van der Waals surface area contributed by atoms with E-state index in [-0.39, 0.29) is 18.1 Å². The van der Waals surface area contributed by atoms with Crippen molar-refractivity contribution >= 4 is 16.9 Å². The third-order valence-electron chi connectivity index (χ3n) is 6.76. The first kappa shape index (κ1) is 21.9. The van der Waals surface area contributed by atoms with Gasteiger partial charge in [0.15, 0.2) is 6.61 Å². The third-order valence-corrected chi connectivity index (χ3v) is 6.76. The van der Waals surface area contributed by atoms with Crippen LogP contribution in [-0.4, -0.2) is 43.1 Å². The van der Waals surface area contributed by atoms with Crippen molar-refractivity contribution in [1.82, 2.24) is 10.2 Å². The number of hydrogen-bond acceptors (Lipinski definition) is 5. The molecule has 2 saturated heterocycles. The van der Waals surface area contributed by atoms with Gasteiger partial charge in [-0.15, -0.1) is 0 Å². The Kier molecular flexibility index (Phi) is 7.28. The first-order valence-corrected chi connectivity index (χ1v) is 11.8. The third kappa shape index (κ3) is 5.48. The number of rotatable bonds is 8. The van der Waals surface area contributed by atoms with E-state index in [9.17, 15) is 9.59 Å². The Morgan fingerprint density at radius 3 is 2.94 bits per heavy atom. The second kappa shape index (κ2) is 10.3. The second-order valence-electron chi connectivity index (χ2n) is 8.95. The summed E-state index contributed by atoms with van der Waals surface area (Å²) in [6.07, 6.45) is 9.19. The molecule has 1 amide bonds. The summed E-state index contributed by atoms with van der Waals surface area (Å²) >= 11 is 0. The number of piperidine rings is 2. The van der Waals surface area contributed by atoms with Crippen LogP contribution in [0.5, 0.6) is 5.75 Å². The molecule has 2 atom stereocenters. The summed E-state index contributed by atoms with van der Waals surface area (Å²) in [6, 6.07) is 7.65. The Morgan fingerprint density at radius 2 is 2.06 bits per heavy atom. The maximum atomic E-state index is 12.4. The van der Waals surface area contributed by atoms with Crippen molar-refractivity contribution in [3.63, 3.8) is 0 Å². The topological polar surface area (TPSA) is 71.8 Å². The van der Waals surface area contributed by atoms with Crippen LogP contribution in [0, 0.1) is 5.92 Å². The molecule has 2 aromatic rings. The molecule has 168 valence electrons. The van der Waals surface area contributed by atoms with Gasteiger partial charge in [0.1, 0.15) is 11.3 Å². The van der Waals surface area contributed by atoms with Crippen LogP contribution in [0.25, 0.3) is 11.0 Å². The van der Waals surface area contributed by atoms with E-state index < -0.39 is 0 Å². The second-order valence-corrected chi connectivity index (χ2v) is 8.95. The van der Waals surface area contributed by atoms with E-state index in [4.69, 9.17) is 9.15 Å². The number of amides is 1. The minimum atomic E-state index is -0.349. The molecule has 0 aliphatic carbocycles. The highest BCUT2D eigenvalue weighted by Gasteiger charge is 2.32. The summed E-state index contributed by atoms with van der Waals surface area (Å²) in [5, 5.41) is 4.00. The quantitative estimate of drug-likeness (QED) is 0.649. The maximum absolute atomic E-state index is 12.4. The van der Waals surface area contributed by atoms with Crippen LogP contribution < -0.4 is 15.7 Å². The summed E-state index contributed by atoms with van der Waals surface area (Å²) in [5.74, 6) is 0.968. The molecule has 4 rings (SSSR count). The van der Waals surface area contributed by atoms with Gasteiger partial charge in [0.25, 0.3) is 5.91 Å². The minimum absolute atomic E-state index is 0.0354. The van der Waals surface area contributed by atoms with Crippen LogP contribution in [0.1, 0.15) is 57.4 Å². The van der Waals surface area contributed by atoms with Gasteiger partial charge < -0.3 is 19.4 Å². The highest BCUT2D eigenvalue weighted by Crippen LogP contribution is 2.30. The Balaban J connectivity index is 1.32. The number of hydrogen-bond donors (Lipinski definition) is 1. The molecule has 6 nitrogen and oxygen atoms in total. The van der Waals surface area contributed by atoms with E-state index in [2.05, 4.69) is 17.1 Å². The summed E-state index contributed by atoms with van der Waals surface area (Å²) in [5.41, 5.74) is 1.16. The number of carbonyl (C=O) groups excluding carboxylic acids is 1. The SMILES string of the molecule is CCCCc1cc(=O)oc2cc(OCC(=O)NC[C@@H]3CCCN4CCCCC34)ccc12. The predicted octanol–water partition coefficient (Wildman–Crippen LogP) is 3.90. The summed E-state index contributed by atoms with van der Waals surface area (Å²) in [7, 11) is 0. The molecule has 31 heavy (non-hydrogen) atoms. The molecule has 6 heteroatoms. The van der Waals surface area contributed by atoms with Crippen molar-refractivity contribution in [2.75, 3.05) is 26.2 Å². The summed E-state index contributed by atoms with van der Waals surface area (Å²) in [6.45, 7) is 5.22. The summed E-state index contributed by atoms with van der Waals surface area (Å²) < 4.78 is 11.1. The van der Waals surface area contributed by atoms with Crippen LogP contribution in [0.15, 0.2) is 33.5 Å². The number of fused-ring (bicyclic) bond motifs is 2. The zero-order valence-corrected chi connectivity index (χ0v) is 18.5. The van der Waals surface area contributed by atoms with Crippen LogP contribution in [0.2, 0.25) is 0 Å². The first-order valence-electron chi connectivity index (χ1n) is 11.8. The molecule has 1 unspecified atom stereocenters. The molecular weight excluding hydrogens is 392 g/mol. The van der Waals surface area contributed by atoms with E-state index in [1.807, 2.05) is 12.1 Å². The van der Waals surface area contributed by atoms with Crippen LogP contribution in [0.3, 0.4) is 0 Å². The molecule has 1 aromatic carbocycles. The molecule has 2 aliphatic heterocycles. The average molecular weight is 427 g/mol. The normalized spacial score (nSPS) is 21.6. The van der Waals surface area contributed by atoms with Crippen LogP contribution in [0.4, 0.5) is 0 Å². The molecule has 0 spiro atoms. The van der Waals surface area contributed by atoms with E-state index in [1.165, 1.54) is 45.2 Å². The van der Waals surface area contributed by atoms with Crippen molar-refractivity contribution in [1.29, 1.82) is 0 Å². The lowest BCUT2D eigenvalue weighted by atomic mass is 9.83. The number of nitrogens with one attached hydrogen (secondary N) is 1. The van der Waals surface area contributed by atoms with Gasteiger partial charge in [0.05, 0.1) is 0 Å². The lowest BCUT2D eigenvalue weighted by Gasteiger charge is -2.44. The number of aryl methyl sites for hydroxylation is 1. The van der Waals surface area contributed by atoms with Crippen LogP contribution >= 0.6 is 0 Å². The van der Waals surface area contributed by atoms with Crippen molar-refractivity contribution in [2.24, 2.45) is 5.92 Å². The highest BCUT2D eigenvalue weighted by atomic mass is 16.5. The maximum Gasteiger partial charge on any atom is 0.336 e. The van der Waals surface area contributed by atoms with Crippen molar-refractivity contribution in [3.05, 3.63) is 40.2 Å². The minimum Gasteiger partial charge on any atom is -0.484 e. The molecule has 1 aromatic heterocycles. The zero-order chi connectivity index (χ0) is 21.6. The molecule has 0 radical (unpaired) electrons.